The second-order valence-corrected chi connectivity index (χ2v) is 5.07. The highest BCUT2D eigenvalue weighted by Gasteiger charge is 2.18. The van der Waals surface area contributed by atoms with E-state index >= 15 is 0 Å². The summed E-state index contributed by atoms with van der Waals surface area (Å²) in [5.41, 5.74) is 0.960. The molecule has 0 aliphatic heterocycles. The largest absolute Gasteiger partial charge is 0.466 e. The van der Waals surface area contributed by atoms with Crippen LogP contribution >= 0.6 is 0 Å². The highest BCUT2D eigenvalue weighted by molar-refractivity contribution is 5.88. The minimum atomic E-state index is -0.229. The van der Waals surface area contributed by atoms with E-state index in [1.54, 1.807) is 0 Å². The SMILES string of the molecule is CCC(=CCNC(C)C(C)(C)C)C(=O)OC. The Hall–Kier alpha value is -0.830. The summed E-state index contributed by atoms with van der Waals surface area (Å²) in [5, 5.41) is 3.38. The van der Waals surface area contributed by atoms with Crippen LogP contribution in [-0.4, -0.2) is 25.7 Å². The van der Waals surface area contributed by atoms with Gasteiger partial charge in [0.2, 0.25) is 0 Å². The lowest BCUT2D eigenvalue weighted by atomic mass is 9.88. The molecule has 0 spiro atoms. The molecule has 0 aromatic carbocycles. The van der Waals surface area contributed by atoms with Gasteiger partial charge in [0.15, 0.2) is 0 Å². The third kappa shape index (κ3) is 5.31. The van der Waals surface area contributed by atoms with Crippen LogP contribution < -0.4 is 5.32 Å². The second kappa shape index (κ2) is 6.69. The molecule has 16 heavy (non-hydrogen) atoms. The average molecular weight is 227 g/mol. The smallest absolute Gasteiger partial charge is 0.333 e. The van der Waals surface area contributed by atoms with Crippen LogP contribution in [0.1, 0.15) is 41.0 Å². The molecule has 0 aliphatic carbocycles. The van der Waals surface area contributed by atoms with Crippen LogP contribution in [-0.2, 0) is 9.53 Å². The fraction of sp³-hybridized carbons (Fsp3) is 0.769. The summed E-state index contributed by atoms with van der Waals surface area (Å²) in [4.78, 5) is 11.3. The molecule has 94 valence electrons. The number of rotatable bonds is 5. The van der Waals surface area contributed by atoms with E-state index in [-0.39, 0.29) is 11.4 Å². The molecule has 0 aliphatic rings. The Bertz CT molecular complexity index is 251. The number of carbonyl (C=O) groups is 1. The van der Waals surface area contributed by atoms with Crippen molar-refractivity contribution in [1.82, 2.24) is 5.32 Å². The van der Waals surface area contributed by atoms with Crippen molar-refractivity contribution in [2.24, 2.45) is 5.41 Å². The quantitative estimate of drug-likeness (QED) is 0.579. The predicted molar refractivity (Wildman–Crippen MR) is 67.3 cm³/mol. The van der Waals surface area contributed by atoms with E-state index in [0.717, 1.165) is 5.57 Å². The molecule has 0 amide bonds. The highest BCUT2D eigenvalue weighted by atomic mass is 16.5. The average Bonchev–Trinajstić information content (AvgIpc) is 2.21. The molecule has 0 saturated carbocycles. The topological polar surface area (TPSA) is 38.3 Å². The number of esters is 1. The van der Waals surface area contributed by atoms with Crippen molar-refractivity contribution in [3.8, 4) is 0 Å². The van der Waals surface area contributed by atoms with Gasteiger partial charge in [-0.2, -0.15) is 0 Å². The van der Waals surface area contributed by atoms with Gasteiger partial charge in [0.1, 0.15) is 0 Å². The van der Waals surface area contributed by atoms with Crippen molar-refractivity contribution >= 4 is 5.97 Å². The molecule has 0 aromatic rings. The maximum absolute atomic E-state index is 11.3. The van der Waals surface area contributed by atoms with Gasteiger partial charge >= 0.3 is 5.97 Å². The standard InChI is InChI=1S/C13H25NO2/c1-7-11(12(15)16-6)8-9-14-10(2)13(3,4)5/h8,10,14H,7,9H2,1-6H3. The van der Waals surface area contributed by atoms with Gasteiger partial charge in [-0.15, -0.1) is 0 Å². The first kappa shape index (κ1) is 15.2. The summed E-state index contributed by atoms with van der Waals surface area (Å²) in [6.07, 6.45) is 2.62. The monoisotopic (exact) mass is 227 g/mol. The van der Waals surface area contributed by atoms with Gasteiger partial charge in [0, 0.05) is 18.2 Å². The summed E-state index contributed by atoms with van der Waals surface area (Å²) in [6.45, 7) is 11.4. The maximum atomic E-state index is 11.3. The molecule has 0 bridgehead atoms. The zero-order chi connectivity index (χ0) is 12.8. The van der Waals surface area contributed by atoms with Crippen LogP contribution in [0.3, 0.4) is 0 Å². The van der Waals surface area contributed by atoms with E-state index in [0.29, 0.717) is 19.0 Å². The van der Waals surface area contributed by atoms with Crippen LogP contribution in [0.4, 0.5) is 0 Å². The summed E-state index contributed by atoms with van der Waals surface area (Å²) in [6, 6.07) is 0.402. The Morgan fingerprint density at radius 3 is 2.38 bits per heavy atom. The fourth-order valence-corrected chi connectivity index (χ4v) is 1.17. The first-order chi connectivity index (χ1) is 7.32. The number of hydrogen-bond donors (Lipinski definition) is 1. The molecule has 0 fully saturated rings. The minimum Gasteiger partial charge on any atom is -0.466 e. The molecule has 3 nitrogen and oxygen atoms in total. The molecule has 1 unspecified atom stereocenters. The van der Waals surface area contributed by atoms with E-state index in [1.807, 2.05) is 13.0 Å². The van der Waals surface area contributed by atoms with Gasteiger partial charge in [-0.05, 0) is 18.8 Å². The van der Waals surface area contributed by atoms with Gasteiger partial charge in [0.05, 0.1) is 7.11 Å². The summed E-state index contributed by atoms with van der Waals surface area (Å²) in [7, 11) is 1.41. The van der Waals surface area contributed by atoms with E-state index in [4.69, 9.17) is 4.74 Å². The molecular weight excluding hydrogens is 202 g/mol. The van der Waals surface area contributed by atoms with Crippen LogP contribution in [0.15, 0.2) is 11.6 Å². The Kier molecular flexibility index (Phi) is 6.34. The van der Waals surface area contributed by atoms with Gasteiger partial charge < -0.3 is 10.1 Å². The van der Waals surface area contributed by atoms with Crippen LogP contribution in [0.2, 0.25) is 0 Å². The van der Waals surface area contributed by atoms with Crippen molar-refractivity contribution < 1.29 is 9.53 Å². The molecule has 0 rings (SSSR count). The lowest BCUT2D eigenvalue weighted by Gasteiger charge is -2.27. The molecule has 0 saturated heterocycles. The van der Waals surface area contributed by atoms with Gasteiger partial charge in [0.25, 0.3) is 0 Å². The molecule has 1 atom stereocenters. The Morgan fingerprint density at radius 2 is 2.00 bits per heavy atom. The van der Waals surface area contributed by atoms with E-state index in [2.05, 4.69) is 33.0 Å². The number of methoxy groups -OCH3 is 1. The lowest BCUT2D eigenvalue weighted by molar-refractivity contribution is -0.136. The number of hydrogen-bond acceptors (Lipinski definition) is 3. The molecule has 0 radical (unpaired) electrons. The van der Waals surface area contributed by atoms with E-state index < -0.39 is 0 Å². The number of nitrogens with one attached hydrogen (secondary N) is 1. The van der Waals surface area contributed by atoms with Gasteiger partial charge in [-0.3, -0.25) is 0 Å². The molecule has 3 heteroatoms. The lowest BCUT2D eigenvalue weighted by Crippen LogP contribution is -2.37. The maximum Gasteiger partial charge on any atom is 0.333 e. The minimum absolute atomic E-state index is 0.228. The van der Waals surface area contributed by atoms with Crippen molar-refractivity contribution in [2.75, 3.05) is 13.7 Å². The number of ether oxygens (including phenoxy) is 1. The van der Waals surface area contributed by atoms with E-state index in [9.17, 15) is 4.79 Å². The fourth-order valence-electron chi connectivity index (χ4n) is 1.17. The Labute approximate surface area is 99.3 Å². The van der Waals surface area contributed by atoms with Crippen molar-refractivity contribution in [2.45, 2.75) is 47.1 Å². The van der Waals surface area contributed by atoms with Crippen LogP contribution in [0.5, 0.6) is 0 Å². The molecule has 0 aromatic heterocycles. The molecule has 0 heterocycles. The van der Waals surface area contributed by atoms with E-state index in [1.165, 1.54) is 7.11 Å². The highest BCUT2D eigenvalue weighted by Crippen LogP contribution is 2.18. The van der Waals surface area contributed by atoms with Crippen LogP contribution in [0.25, 0.3) is 0 Å². The summed E-state index contributed by atoms with van der Waals surface area (Å²) >= 11 is 0. The molecule has 1 N–H and O–H groups in total. The van der Waals surface area contributed by atoms with Crippen LogP contribution in [0, 0.1) is 5.41 Å². The third-order valence-corrected chi connectivity index (χ3v) is 2.90. The predicted octanol–water partition coefficient (Wildman–Crippen LogP) is 2.52. The zero-order valence-corrected chi connectivity index (χ0v) is 11.4. The van der Waals surface area contributed by atoms with Gasteiger partial charge in [-0.25, -0.2) is 4.79 Å². The first-order valence-electron chi connectivity index (χ1n) is 5.83. The zero-order valence-electron chi connectivity index (χ0n) is 11.4. The number of carbonyl (C=O) groups excluding carboxylic acids is 1. The third-order valence-electron chi connectivity index (χ3n) is 2.90. The second-order valence-electron chi connectivity index (χ2n) is 5.07. The van der Waals surface area contributed by atoms with Crippen molar-refractivity contribution in [3.05, 3.63) is 11.6 Å². The van der Waals surface area contributed by atoms with Gasteiger partial charge in [-0.1, -0.05) is 33.8 Å². The summed E-state index contributed by atoms with van der Waals surface area (Å²) in [5.74, 6) is -0.229. The Morgan fingerprint density at radius 1 is 1.44 bits per heavy atom. The summed E-state index contributed by atoms with van der Waals surface area (Å²) < 4.78 is 4.69. The van der Waals surface area contributed by atoms with Crippen molar-refractivity contribution in [1.29, 1.82) is 0 Å². The van der Waals surface area contributed by atoms with Crippen molar-refractivity contribution in [3.63, 3.8) is 0 Å². The first-order valence-corrected chi connectivity index (χ1v) is 5.83. The Balaban J connectivity index is 4.21. The molecular formula is C13H25NO2. The normalized spacial score (nSPS) is 14.8.